The monoisotopic (exact) mass is 778 g/mol. The van der Waals surface area contributed by atoms with Gasteiger partial charge in [0.15, 0.2) is 5.96 Å². The molecule has 1 aliphatic heterocycles. The second-order valence-corrected chi connectivity index (χ2v) is 15.0. The third-order valence-corrected chi connectivity index (χ3v) is 10.4. The Hall–Kier alpha value is -5.54. The Balaban J connectivity index is 1.65. The van der Waals surface area contributed by atoms with Gasteiger partial charge in [0.2, 0.25) is 29.5 Å². The summed E-state index contributed by atoms with van der Waals surface area (Å²) in [7, 11) is 0. The van der Waals surface area contributed by atoms with E-state index in [0.717, 1.165) is 30.4 Å². The number of aliphatic carboxylic acids is 1. The number of guanidine groups is 1. The van der Waals surface area contributed by atoms with Gasteiger partial charge in [-0.1, -0.05) is 69.5 Å². The number of nitrogens with one attached hydrogen (secondary N) is 4. The van der Waals surface area contributed by atoms with E-state index < -0.39 is 71.5 Å². The predicted molar refractivity (Wildman–Crippen MR) is 207 cm³/mol. The molecule has 15 nitrogen and oxygen atoms in total. The largest absolute Gasteiger partial charge is 0.480 e. The Morgan fingerprint density at radius 1 is 0.875 bits per heavy atom. The molecule has 2 aromatic rings. The summed E-state index contributed by atoms with van der Waals surface area (Å²) in [6.45, 7) is 5.02. The molecule has 9 N–H and O–H groups in total. The van der Waals surface area contributed by atoms with Crippen molar-refractivity contribution in [3.8, 4) is 0 Å². The summed E-state index contributed by atoms with van der Waals surface area (Å²) < 4.78 is 13.6. The summed E-state index contributed by atoms with van der Waals surface area (Å²) in [6.07, 6.45) is 4.32. The SMILES string of the molecule is CC(=O)N[C@H](C(=O)NC(C(=O)N[C@@H](CCCN=C(N)N)C(=O)N1Cc2ccccc2C[C@H]1C(=O)N[C@@H](Cc1ccc(F)cc1)C(=O)O)C1CCCCC1)C(C)C. The minimum atomic E-state index is -1.39. The van der Waals surface area contributed by atoms with Crippen molar-refractivity contribution in [1.29, 1.82) is 0 Å². The number of nitrogens with two attached hydrogens (primary N) is 2. The number of fused-ring (bicyclic) bond motifs is 1. The molecule has 1 aliphatic carbocycles. The Labute approximate surface area is 326 Å². The molecule has 1 unspecified atom stereocenters. The minimum absolute atomic E-state index is 0.00135. The van der Waals surface area contributed by atoms with Crippen molar-refractivity contribution in [2.45, 2.75) is 115 Å². The Morgan fingerprint density at radius 2 is 1.54 bits per heavy atom. The first kappa shape index (κ1) is 43.2. The predicted octanol–water partition coefficient (Wildman–Crippen LogP) is 1.66. The van der Waals surface area contributed by atoms with E-state index in [9.17, 15) is 38.3 Å². The van der Waals surface area contributed by atoms with E-state index in [-0.39, 0.29) is 56.6 Å². The molecule has 16 heteroatoms. The van der Waals surface area contributed by atoms with Crippen LogP contribution < -0.4 is 32.7 Å². The van der Waals surface area contributed by atoms with Gasteiger partial charge in [0.1, 0.15) is 36.0 Å². The van der Waals surface area contributed by atoms with Gasteiger partial charge in [0.25, 0.3) is 0 Å². The van der Waals surface area contributed by atoms with E-state index in [1.165, 1.54) is 36.1 Å². The molecule has 5 atom stereocenters. The van der Waals surface area contributed by atoms with Gasteiger partial charge in [-0.05, 0) is 66.3 Å². The lowest BCUT2D eigenvalue weighted by Crippen LogP contribution is -2.62. The third-order valence-electron chi connectivity index (χ3n) is 10.4. The molecule has 0 bridgehead atoms. The first-order chi connectivity index (χ1) is 26.6. The van der Waals surface area contributed by atoms with Gasteiger partial charge in [-0.25, -0.2) is 9.18 Å². The van der Waals surface area contributed by atoms with Crippen molar-refractivity contribution in [3.05, 3.63) is 71.0 Å². The number of carboxylic acid groups (broad SMARTS) is 1. The zero-order chi connectivity index (χ0) is 40.9. The number of rotatable bonds is 17. The average molecular weight is 779 g/mol. The summed E-state index contributed by atoms with van der Waals surface area (Å²) >= 11 is 0. The van der Waals surface area contributed by atoms with E-state index in [2.05, 4.69) is 26.3 Å². The first-order valence-electron chi connectivity index (χ1n) is 19.2. The average Bonchev–Trinajstić information content (AvgIpc) is 3.16. The third kappa shape index (κ3) is 12.2. The number of carbonyl (C=O) groups is 6. The van der Waals surface area contributed by atoms with Gasteiger partial charge >= 0.3 is 5.97 Å². The number of benzene rings is 2. The molecule has 2 aliphatic rings. The summed E-state index contributed by atoms with van der Waals surface area (Å²) in [5, 5.41) is 21.1. The van der Waals surface area contributed by atoms with E-state index in [0.29, 0.717) is 18.4 Å². The molecule has 0 radical (unpaired) electrons. The topological polar surface area (TPSA) is 238 Å². The Bertz CT molecular complexity index is 1740. The molecule has 0 saturated heterocycles. The zero-order valence-corrected chi connectivity index (χ0v) is 32.3. The molecule has 0 spiro atoms. The van der Waals surface area contributed by atoms with Gasteiger partial charge in [-0.15, -0.1) is 0 Å². The van der Waals surface area contributed by atoms with Crippen LogP contribution in [0.4, 0.5) is 4.39 Å². The van der Waals surface area contributed by atoms with Crippen LogP contribution in [0.15, 0.2) is 53.5 Å². The molecule has 1 saturated carbocycles. The smallest absolute Gasteiger partial charge is 0.326 e. The minimum Gasteiger partial charge on any atom is -0.480 e. The molecule has 1 heterocycles. The first-order valence-corrected chi connectivity index (χ1v) is 19.2. The highest BCUT2D eigenvalue weighted by molar-refractivity contribution is 5.96. The number of hydrogen-bond donors (Lipinski definition) is 7. The van der Waals surface area contributed by atoms with Crippen molar-refractivity contribution in [2.75, 3.05) is 6.54 Å². The van der Waals surface area contributed by atoms with E-state index in [1.54, 1.807) is 13.8 Å². The van der Waals surface area contributed by atoms with E-state index in [4.69, 9.17) is 11.5 Å². The van der Waals surface area contributed by atoms with Crippen LogP contribution in [0.1, 0.15) is 82.4 Å². The molecular formula is C40H55FN8O7. The van der Waals surface area contributed by atoms with Crippen LogP contribution in [0.5, 0.6) is 0 Å². The molecule has 4 rings (SSSR count). The number of hydrogen-bond acceptors (Lipinski definition) is 7. The van der Waals surface area contributed by atoms with Crippen LogP contribution in [0, 0.1) is 17.7 Å². The normalized spacial score (nSPS) is 17.7. The van der Waals surface area contributed by atoms with Crippen molar-refractivity contribution in [1.82, 2.24) is 26.2 Å². The zero-order valence-electron chi connectivity index (χ0n) is 32.3. The van der Waals surface area contributed by atoms with Crippen LogP contribution in [0.25, 0.3) is 0 Å². The molecule has 304 valence electrons. The van der Waals surface area contributed by atoms with Crippen LogP contribution >= 0.6 is 0 Å². The number of nitrogens with zero attached hydrogens (tertiary/aromatic N) is 2. The van der Waals surface area contributed by atoms with Gasteiger partial charge < -0.3 is 42.7 Å². The number of carboxylic acids is 1. The maximum Gasteiger partial charge on any atom is 0.326 e. The molecule has 5 amide bonds. The summed E-state index contributed by atoms with van der Waals surface area (Å²) in [4.78, 5) is 86.4. The highest BCUT2D eigenvalue weighted by Crippen LogP contribution is 2.28. The second-order valence-electron chi connectivity index (χ2n) is 15.0. The van der Waals surface area contributed by atoms with Crippen LogP contribution in [-0.4, -0.2) is 88.2 Å². The molecular weight excluding hydrogens is 723 g/mol. The fourth-order valence-corrected chi connectivity index (χ4v) is 7.40. The fourth-order valence-electron chi connectivity index (χ4n) is 7.40. The molecule has 56 heavy (non-hydrogen) atoms. The highest BCUT2D eigenvalue weighted by Gasteiger charge is 2.41. The standard InChI is InChI=1S/C40H55FN8O7/c1-23(2)33(45-24(3)50)36(52)48-34(26-10-5-4-6-11-26)37(53)46-30(14-9-19-44-40(42)43)38(54)49-22-28-13-8-7-12-27(28)21-32(49)35(51)47-31(39(55)56)20-25-15-17-29(41)18-16-25/h7-8,12-13,15-18,23,26,30-34H,4-6,9-11,14,19-22H2,1-3H3,(H,45,50)(H,46,53)(H,47,51)(H,48,52)(H,55,56)(H4,42,43,44)/t30-,31-,32-,33-,34?/m0/s1. The molecule has 0 aromatic heterocycles. The molecule has 2 aromatic carbocycles. The number of carbonyl (C=O) groups excluding carboxylic acids is 5. The van der Waals surface area contributed by atoms with Crippen molar-refractivity contribution >= 4 is 41.5 Å². The van der Waals surface area contributed by atoms with E-state index >= 15 is 0 Å². The highest BCUT2D eigenvalue weighted by atomic mass is 19.1. The van der Waals surface area contributed by atoms with Crippen LogP contribution in [-0.2, 0) is 48.2 Å². The maximum absolute atomic E-state index is 14.7. The lowest BCUT2D eigenvalue weighted by atomic mass is 9.83. The van der Waals surface area contributed by atoms with Gasteiger partial charge in [0.05, 0.1) is 0 Å². The van der Waals surface area contributed by atoms with E-state index in [1.807, 2.05) is 24.3 Å². The number of aliphatic imine (C=N–C) groups is 1. The van der Waals surface area contributed by atoms with Gasteiger partial charge in [-0.3, -0.25) is 29.0 Å². The number of halogens is 1. The van der Waals surface area contributed by atoms with Crippen molar-refractivity contribution in [2.24, 2.45) is 28.3 Å². The summed E-state index contributed by atoms with van der Waals surface area (Å²) in [6, 6.07) is 6.92. The van der Waals surface area contributed by atoms with Crippen LogP contribution in [0.3, 0.4) is 0 Å². The number of amides is 5. The van der Waals surface area contributed by atoms with Gasteiger partial charge in [-0.2, -0.15) is 0 Å². The van der Waals surface area contributed by atoms with Crippen molar-refractivity contribution < 1.29 is 38.3 Å². The summed E-state index contributed by atoms with van der Waals surface area (Å²) in [5.74, 6) is -5.25. The van der Waals surface area contributed by atoms with Gasteiger partial charge in [0, 0.05) is 32.9 Å². The van der Waals surface area contributed by atoms with Crippen LogP contribution in [0.2, 0.25) is 0 Å². The Morgan fingerprint density at radius 3 is 2.14 bits per heavy atom. The molecule has 1 fully saturated rings. The summed E-state index contributed by atoms with van der Waals surface area (Å²) in [5.41, 5.74) is 13.1. The fraction of sp³-hybridized carbons (Fsp3) is 0.525. The lowest BCUT2D eigenvalue weighted by Gasteiger charge is -2.39. The maximum atomic E-state index is 14.7. The lowest BCUT2D eigenvalue weighted by molar-refractivity contribution is -0.147. The Kier molecular flexibility index (Phi) is 15.7. The van der Waals surface area contributed by atoms with Crippen molar-refractivity contribution in [3.63, 3.8) is 0 Å². The quantitative estimate of drug-likeness (QED) is 0.0701. The second kappa shape index (κ2) is 20.4.